The van der Waals surface area contributed by atoms with Crippen molar-refractivity contribution in [2.75, 3.05) is 49.5 Å². The van der Waals surface area contributed by atoms with Gasteiger partial charge in [-0.2, -0.15) is 0 Å². The van der Waals surface area contributed by atoms with E-state index in [0.717, 1.165) is 28.6 Å². The van der Waals surface area contributed by atoms with Crippen LogP contribution < -0.4 is 14.4 Å². The molecule has 0 spiro atoms. The van der Waals surface area contributed by atoms with E-state index in [2.05, 4.69) is 42.6 Å². The van der Waals surface area contributed by atoms with Crippen molar-refractivity contribution in [3.63, 3.8) is 0 Å². The highest BCUT2D eigenvalue weighted by molar-refractivity contribution is 7.92. The van der Waals surface area contributed by atoms with Gasteiger partial charge < -0.3 is 19.1 Å². The van der Waals surface area contributed by atoms with Gasteiger partial charge in [0.15, 0.2) is 6.79 Å². The van der Waals surface area contributed by atoms with Gasteiger partial charge in [0, 0.05) is 47.8 Å². The number of fused-ring (bicyclic) bond motifs is 1. The van der Waals surface area contributed by atoms with Gasteiger partial charge in [0.1, 0.15) is 5.75 Å². The predicted octanol–water partition coefficient (Wildman–Crippen LogP) is 4.62. The maximum absolute atomic E-state index is 13.5. The smallest absolute Gasteiger partial charge is 0.258 e. The number of rotatable bonds is 10. The number of anilines is 2. The fraction of sp³-hybridized carbons (Fsp3) is 0.379. The highest BCUT2D eigenvalue weighted by Crippen LogP contribution is 2.34. The number of benzene rings is 2. The summed E-state index contributed by atoms with van der Waals surface area (Å²) in [5, 5.41) is 0. The molecule has 0 saturated heterocycles. The summed E-state index contributed by atoms with van der Waals surface area (Å²) in [6.07, 6.45) is 3.59. The van der Waals surface area contributed by atoms with Crippen LogP contribution >= 0.6 is 0 Å². The van der Waals surface area contributed by atoms with Crippen LogP contribution in [-0.2, 0) is 31.3 Å². The van der Waals surface area contributed by atoms with Gasteiger partial charge >= 0.3 is 0 Å². The molecular formula is C29H35N3O6S. The molecule has 0 bridgehead atoms. The van der Waals surface area contributed by atoms with Crippen molar-refractivity contribution in [1.82, 2.24) is 4.98 Å². The number of hydrogen-bond donors (Lipinski definition) is 1. The topological polar surface area (TPSA) is 107 Å². The van der Waals surface area contributed by atoms with E-state index in [0.29, 0.717) is 43.2 Å². The molecule has 0 aliphatic carbocycles. The summed E-state index contributed by atoms with van der Waals surface area (Å²) in [4.78, 5) is 19.8. The van der Waals surface area contributed by atoms with Crippen molar-refractivity contribution in [1.29, 1.82) is 0 Å². The molecule has 9 nitrogen and oxygen atoms in total. The van der Waals surface area contributed by atoms with E-state index >= 15 is 0 Å². The normalized spacial score (nSPS) is 13.8. The highest BCUT2D eigenvalue weighted by Gasteiger charge is 2.27. The van der Waals surface area contributed by atoms with Crippen molar-refractivity contribution in [3.05, 3.63) is 71.5 Å². The summed E-state index contributed by atoms with van der Waals surface area (Å²) in [6.45, 7) is 7.52. The Hall–Kier alpha value is -3.47. The number of carbonyl (C=O) groups is 1. The molecule has 39 heavy (non-hydrogen) atoms. The quantitative estimate of drug-likeness (QED) is 0.288. The molecule has 1 aliphatic rings. The number of methoxy groups -OCH3 is 1. The SMILES string of the molecule is COCCOCOc1ccc(N2CCc3cc(-c4ccc(C(C)(C)C)nc4)ccc3C2=O)cc1NS(C)(=O)=O. The van der Waals surface area contributed by atoms with E-state index in [-0.39, 0.29) is 23.8 Å². The molecule has 208 valence electrons. The Morgan fingerprint density at radius 3 is 2.46 bits per heavy atom. The van der Waals surface area contributed by atoms with Gasteiger partial charge in [-0.15, -0.1) is 0 Å². The highest BCUT2D eigenvalue weighted by atomic mass is 32.2. The van der Waals surface area contributed by atoms with E-state index in [1.165, 1.54) is 0 Å². The Morgan fingerprint density at radius 1 is 1.03 bits per heavy atom. The predicted molar refractivity (Wildman–Crippen MR) is 152 cm³/mol. The monoisotopic (exact) mass is 553 g/mol. The number of aromatic nitrogens is 1. The van der Waals surface area contributed by atoms with Crippen molar-refractivity contribution in [2.45, 2.75) is 32.6 Å². The largest absolute Gasteiger partial charge is 0.465 e. The molecule has 2 heterocycles. The van der Waals surface area contributed by atoms with Crippen LogP contribution in [0.5, 0.6) is 5.75 Å². The molecule has 1 aromatic heterocycles. The van der Waals surface area contributed by atoms with Crippen LogP contribution in [0.3, 0.4) is 0 Å². The third kappa shape index (κ3) is 7.14. The lowest BCUT2D eigenvalue weighted by Crippen LogP contribution is -2.37. The van der Waals surface area contributed by atoms with Crippen LogP contribution in [0.2, 0.25) is 0 Å². The fourth-order valence-corrected chi connectivity index (χ4v) is 4.88. The summed E-state index contributed by atoms with van der Waals surface area (Å²) in [5.41, 5.74) is 5.39. The molecule has 3 aromatic rings. The number of nitrogens with zero attached hydrogens (tertiary/aromatic N) is 2. The summed E-state index contributed by atoms with van der Waals surface area (Å²) in [5.74, 6) is 0.146. The first-order valence-electron chi connectivity index (χ1n) is 12.7. The third-order valence-corrected chi connectivity index (χ3v) is 6.94. The minimum absolute atomic E-state index is 0.0247. The van der Waals surface area contributed by atoms with Gasteiger partial charge in [-0.25, -0.2) is 8.42 Å². The Morgan fingerprint density at radius 2 is 1.79 bits per heavy atom. The van der Waals surface area contributed by atoms with E-state index in [1.807, 2.05) is 24.4 Å². The zero-order valence-corrected chi connectivity index (χ0v) is 23.8. The first-order chi connectivity index (χ1) is 18.5. The molecule has 1 aliphatic heterocycles. The van der Waals surface area contributed by atoms with Gasteiger partial charge in [0.2, 0.25) is 10.0 Å². The Balaban J connectivity index is 1.55. The Bertz CT molecular complexity index is 1430. The molecule has 0 fully saturated rings. The summed E-state index contributed by atoms with van der Waals surface area (Å²) in [6, 6.07) is 14.9. The number of ether oxygens (including phenoxy) is 3. The Kier molecular flexibility index (Phi) is 8.58. The molecule has 0 unspecified atom stereocenters. The average Bonchev–Trinajstić information content (AvgIpc) is 2.88. The summed E-state index contributed by atoms with van der Waals surface area (Å²) >= 11 is 0. The standard InChI is InChI=1S/C29H35N3O6S/c1-29(2,3)27-11-7-22(18-30-27)20-6-9-24-21(16-20)12-13-32(28(24)33)23-8-10-26(38-19-37-15-14-36-4)25(17-23)31-39(5,34)35/h6-11,16-18,31H,12-15,19H2,1-5H3. The van der Waals surface area contributed by atoms with E-state index in [1.54, 1.807) is 30.2 Å². The second-order valence-electron chi connectivity index (χ2n) is 10.5. The van der Waals surface area contributed by atoms with Crippen molar-refractivity contribution < 1.29 is 27.4 Å². The van der Waals surface area contributed by atoms with Gasteiger partial charge in [-0.3, -0.25) is 14.5 Å². The van der Waals surface area contributed by atoms with Crippen LogP contribution in [0, 0.1) is 0 Å². The van der Waals surface area contributed by atoms with E-state index in [9.17, 15) is 13.2 Å². The molecule has 1 amide bonds. The van der Waals surface area contributed by atoms with Crippen LogP contribution in [0.25, 0.3) is 11.1 Å². The lowest BCUT2D eigenvalue weighted by molar-refractivity contribution is -0.00813. The minimum atomic E-state index is -3.59. The maximum Gasteiger partial charge on any atom is 0.258 e. The van der Waals surface area contributed by atoms with Crippen LogP contribution in [0.15, 0.2) is 54.7 Å². The van der Waals surface area contributed by atoms with Gasteiger partial charge in [0.25, 0.3) is 5.91 Å². The number of nitrogens with one attached hydrogen (secondary N) is 1. The van der Waals surface area contributed by atoms with E-state index in [4.69, 9.17) is 14.2 Å². The molecule has 1 N–H and O–H groups in total. The molecule has 10 heteroatoms. The zero-order valence-electron chi connectivity index (χ0n) is 23.0. The molecule has 2 aromatic carbocycles. The molecule has 0 saturated carbocycles. The van der Waals surface area contributed by atoms with Gasteiger partial charge in [-0.1, -0.05) is 39.0 Å². The van der Waals surface area contributed by atoms with E-state index < -0.39 is 10.0 Å². The molecular weight excluding hydrogens is 518 g/mol. The van der Waals surface area contributed by atoms with Gasteiger partial charge in [-0.05, 0) is 47.9 Å². The molecule has 4 rings (SSSR count). The summed E-state index contributed by atoms with van der Waals surface area (Å²) in [7, 11) is -2.02. The fourth-order valence-electron chi connectivity index (χ4n) is 4.32. The van der Waals surface area contributed by atoms with Gasteiger partial charge in [0.05, 0.1) is 25.2 Å². The molecule has 0 atom stereocenters. The lowest BCUT2D eigenvalue weighted by atomic mass is 9.90. The number of amides is 1. The van der Waals surface area contributed by atoms with Crippen LogP contribution in [-0.4, -0.2) is 59.2 Å². The number of pyridine rings is 1. The second kappa shape index (κ2) is 11.7. The minimum Gasteiger partial charge on any atom is -0.465 e. The Labute approximate surface area is 230 Å². The zero-order chi connectivity index (χ0) is 28.2. The van der Waals surface area contributed by atoms with Crippen LogP contribution in [0.1, 0.15) is 42.4 Å². The van der Waals surface area contributed by atoms with Crippen molar-refractivity contribution in [2.24, 2.45) is 0 Å². The second-order valence-corrected chi connectivity index (χ2v) is 12.2. The van der Waals surface area contributed by atoms with Crippen molar-refractivity contribution >= 4 is 27.3 Å². The number of carbonyl (C=O) groups excluding carboxylic acids is 1. The molecule has 0 radical (unpaired) electrons. The number of hydrogen-bond acceptors (Lipinski definition) is 7. The van der Waals surface area contributed by atoms with Crippen LogP contribution in [0.4, 0.5) is 11.4 Å². The third-order valence-electron chi connectivity index (χ3n) is 6.35. The maximum atomic E-state index is 13.5. The first kappa shape index (κ1) is 28.5. The average molecular weight is 554 g/mol. The first-order valence-corrected chi connectivity index (χ1v) is 14.6. The number of sulfonamides is 1. The lowest BCUT2D eigenvalue weighted by Gasteiger charge is -2.29. The summed E-state index contributed by atoms with van der Waals surface area (Å²) < 4.78 is 42.4. The van der Waals surface area contributed by atoms with Crippen molar-refractivity contribution in [3.8, 4) is 16.9 Å².